The third kappa shape index (κ3) is 2.62. The number of piperidine rings is 1. The molecule has 4 heterocycles. The molecule has 2 N–H and O–H groups in total. The average Bonchev–Trinajstić information content (AvgIpc) is 3.10. The summed E-state index contributed by atoms with van der Waals surface area (Å²) in [6.45, 7) is 0. The lowest BCUT2D eigenvalue weighted by molar-refractivity contribution is 0.0353. The number of imidazole rings is 1. The highest BCUT2D eigenvalue weighted by atomic mass is 16.5. The van der Waals surface area contributed by atoms with E-state index in [-0.39, 0.29) is 29.8 Å². The molecule has 23 heavy (non-hydrogen) atoms. The van der Waals surface area contributed by atoms with Crippen LogP contribution in [-0.2, 0) is 0 Å². The largest absolute Gasteiger partial charge is 0.489 e. The third-order valence-electron chi connectivity index (χ3n) is 4.69. The molecule has 2 bridgehead atoms. The molecule has 2 atom stereocenters. The molecule has 0 saturated carbocycles. The Morgan fingerprint density at radius 2 is 2.09 bits per heavy atom. The van der Waals surface area contributed by atoms with Gasteiger partial charge in [-0.2, -0.15) is 0 Å². The Bertz CT molecular complexity index is 740. The van der Waals surface area contributed by atoms with Gasteiger partial charge in [-0.3, -0.25) is 9.78 Å². The Labute approximate surface area is 132 Å². The van der Waals surface area contributed by atoms with Gasteiger partial charge >= 0.3 is 5.69 Å². The van der Waals surface area contributed by atoms with E-state index in [2.05, 4.69) is 15.0 Å². The summed E-state index contributed by atoms with van der Waals surface area (Å²) in [5.41, 5.74) is -0.0194. The van der Waals surface area contributed by atoms with E-state index in [0.717, 1.165) is 31.4 Å². The number of aromatic nitrogens is 3. The van der Waals surface area contributed by atoms with Crippen molar-refractivity contribution in [3.8, 4) is 5.75 Å². The summed E-state index contributed by atoms with van der Waals surface area (Å²) in [7, 11) is 0. The second-order valence-electron chi connectivity index (χ2n) is 6.15. The zero-order valence-corrected chi connectivity index (χ0v) is 12.6. The summed E-state index contributed by atoms with van der Waals surface area (Å²) in [5, 5.41) is 0. The van der Waals surface area contributed by atoms with Gasteiger partial charge in [-0.15, -0.1) is 0 Å². The molecule has 2 aliphatic heterocycles. The Morgan fingerprint density at radius 1 is 1.30 bits per heavy atom. The first-order valence-corrected chi connectivity index (χ1v) is 7.88. The molecular weight excluding hydrogens is 296 g/mol. The van der Waals surface area contributed by atoms with Gasteiger partial charge < -0.3 is 19.6 Å². The van der Waals surface area contributed by atoms with Crippen LogP contribution in [0.1, 0.15) is 36.2 Å². The van der Waals surface area contributed by atoms with Crippen LogP contribution in [0.2, 0.25) is 0 Å². The number of aromatic amines is 2. The predicted octanol–water partition coefficient (Wildman–Crippen LogP) is 1.31. The average molecular weight is 314 g/mol. The fourth-order valence-corrected chi connectivity index (χ4v) is 3.75. The smallest absolute Gasteiger partial charge is 0.323 e. The molecule has 120 valence electrons. The standard InChI is InChI=1S/C16H18N4O3/c21-15(14-9-18-16(22)19-14)20-10-3-4-11(20)7-13(6-10)23-12-2-1-5-17-8-12/h1-2,5,8-11,13H,3-4,6-7H2,(H2,18,19,22). The lowest BCUT2D eigenvalue weighted by Gasteiger charge is -2.38. The summed E-state index contributed by atoms with van der Waals surface area (Å²) < 4.78 is 6.01. The van der Waals surface area contributed by atoms with Crippen molar-refractivity contribution in [2.45, 2.75) is 43.9 Å². The van der Waals surface area contributed by atoms with Crippen molar-refractivity contribution in [1.82, 2.24) is 19.9 Å². The van der Waals surface area contributed by atoms with Crippen LogP contribution in [0.25, 0.3) is 0 Å². The van der Waals surface area contributed by atoms with Crippen molar-refractivity contribution >= 4 is 5.91 Å². The van der Waals surface area contributed by atoms with Gasteiger partial charge in [0.15, 0.2) is 0 Å². The number of rotatable bonds is 3. The minimum absolute atomic E-state index is 0.101. The van der Waals surface area contributed by atoms with Crippen molar-refractivity contribution in [1.29, 1.82) is 0 Å². The molecule has 0 aromatic carbocycles. The lowest BCUT2D eigenvalue weighted by Crippen LogP contribution is -2.49. The summed E-state index contributed by atoms with van der Waals surface area (Å²) in [5.74, 6) is 0.669. The molecule has 7 nitrogen and oxygen atoms in total. The van der Waals surface area contributed by atoms with Gasteiger partial charge in [0.05, 0.1) is 6.20 Å². The van der Waals surface area contributed by atoms with E-state index in [9.17, 15) is 9.59 Å². The van der Waals surface area contributed by atoms with Crippen LogP contribution in [0.5, 0.6) is 5.75 Å². The molecule has 2 unspecified atom stereocenters. The Hall–Kier alpha value is -2.57. The van der Waals surface area contributed by atoms with Gasteiger partial charge in [-0.25, -0.2) is 4.79 Å². The normalized spacial score (nSPS) is 26.3. The number of amides is 1. The number of ether oxygens (including phenoxy) is 1. The number of carbonyl (C=O) groups is 1. The van der Waals surface area contributed by atoms with E-state index < -0.39 is 0 Å². The van der Waals surface area contributed by atoms with E-state index in [4.69, 9.17) is 4.74 Å². The van der Waals surface area contributed by atoms with E-state index >= 15 is 0 Å². The molecule has 2 aromatic rings. The molecule has 7 heteroatoms. The quantitative estimate of drug-likeness (QED) is 0.893. The monoisotopic (exact) mass is 314 g/mol. The number of hydrogen-bond acceptors (Lipinski definition) is 4. The summed E-state index contributed by atoms with van der Waals surface area (Å²) in [6, 6.07) is 4.09. The molecule has 2 aromatic heterocycles. The highest BCUT2D eigenvalue weighted by Gasteiger charge is 2.44. The van der Waals surface area contributed by atoms with E-state index in [1.165, 1.54) is 6.20 Å². The molecule has 0 aliphatic carbocycles. The predicted molar refractivity (Wildman–Crippen MR) is 82.3 cm³/mol. The van der Waals surface area contributed by atoms with Crippen LogP contribution in [0.15, 0.2) is 35.5 Å². The number of fused-ring (bicyclic) bond motifs is 2. The molecule has 4 rings (SSSR count). The third-order valence-corrected chi connectivity index (χ3v) is 4.69. The molecular formula is C16H18N4O3. The summed E-state index contributed by atoms with van der Waals surface area (Å²) >= 11 is 0. The maximum Gasteiger partial charge on any atom is 0.323 e. The Kier molecular flexibility index (Phi) is 3.40. The fourth-order valence-electron chi connectivity index (χ4n) is 3.75. The number of H-pyrrole nitrogens is 2. The molecule has 2 aliphatic rings. The van der Waals surface area contributed by atoms with Crippen molar-refractivity contribution in [3.05, 3.63) is 46.9 Å². The van der Waals surface area contributed by atoms with Crippen LogP contribution < -0.4 is 10.4 Å². The first kappa shape index (κ1) is 14.0. The number of pyridine rings is 1. The second kappa shape index (κ2) is 5.57. The molecule has 0 radical (unpaired) electrons. The Balaban J connectivity index is 1.48. The van der Waals surface area contributed by atoms with Crippen molar-refractivity contribution in [2.75, 3.05) is 0 Å². The van der Waals surface area contributed by atoms with Gasteiger partial charge in [0.2, 0.25) is 0 Å². The van der Waals surface area contributed by atoms with E-state index in [1.807, 2.05) is 17.0 Å². The number of carbonyl (C=O) groups excluding carboxylic acids is 1. The van der Waals surface area contributed by atoms with Gasteiger partial charge in [0, 0.05) is 37.3 Å². The van der Waals surface area contributed by atoms with Crippen LogP contribution in [0.3, 0.4) is 0 Å². The van der Waals surface area contributed by atoms with Crippen molar-refractivity contribution in [3.63, 3.8) is 0 Å². The van der Waals surface area contributed by atoms with Crippen LogP contribution in [0.4, 0.5) is 0 Å². The van der Waals surface area contributed by atoms with E-state index in [0.29, 0.717) is 5.69 Å². The maximum absolute atomic E-state index is 12.6. The number of nitrogens with zero attached hydrogens (tertiary/aromatic N) is 2. The zero-order valence-electron chi connectivity index (χ0n) is 12.6. The maximum atomic E-state index is 12.6. The highest BCUT2D eigenvalue weighted by molar-refractivity contribution is 5.92. The van der Waals surface area contributed by atoms with Gasteiger partial charge in [0.1, 0.15) is 17.5 Å². The number of nitrogens with one attached hydrogen (secondary N) is 2. The van der Waals surface area contributed by atoms with Crippen LogP contribution in [0, 0.1) is 0 Å². The first-order chi connectivity index (χ1) is 11.2. The van der Waals surface area contributed by atoms with Crippen molar-refractivity contribution in [2.24, 2.45) is 0 Å². The minimum Gasteiger partial charge on any atom is -0.489 e. The minimum atomic E-state index is -0.351. The summed E-state index contributed by atoms with van der Waals surface area (Å²) in [4.78, 5) is 34.8. The molecule has 2 saturated heterocycles. The molecule has 1 amide bonds. The van der Waals surface area contributed by atoms with Gasteiger partial charge in [-0.1, -0.05) is 0 Å². The zero-order chi connectivity index (χ0) is 15.8. The molecule has 2 fully saturated rings. The van der Waals surface area contributed by atoms with E-state index in [1.54, 1.807) is 12.4 Å². The SMILES string of the molecule is O=C(c1c[nH]c(=O)[nH]1)N1C2CCC1CC(Oc1cccnc1)C2. The Morgan fingerprint density at radius 3 is 2.70 bits per heavy atom. The molecule has 0 spiro atoms. The fraction of sp³-hybridized carbons (Fsp3) is 0.438. The number of hydrogen-bond donors (Lipinski definition) is 2. The lowest BCUT2D eigenvalue weighted by atomic mass is 9.99. The van der Waals surface area contributed by atoms with Gasteiger partial charge in [0.25, 0.3) is 5.91 Å². The summed E-state index contributed by atoms with van der Waals surface area (Å²) in [6.07, 6.45) is 8.57. The highest BCUT2D eigenvalue weighted by Crippen LogP contribution is 2.37. The van der Waals surface area contributed by atoms with Crippen LogP contribution in [-0.4, -0.2) is 43.9 Å². The second-order valence-corrected chi connectivity index (χ2v) is 6.15. The van der Waals surface area contributed by atoms with Gasteiger partial charge in [-0.05, 0) is 25.0 Å². The first-order valence-electron chi connectivity index (χ1n) is 7.88. The van der Waals surface area contributed by atoms with Crippen LogP contribution >= 0.6 is 0 Å². The topological polar surface area (TPSA) is 91.1 Å². The van der Waals surface area contributed by atoms with Crippen molar-refractivity contribution < 1.29 is 9.53 Å².